The van der Waals surface area contributed by atoms with Crippen LogP contribution in [-0.4, -0.2) is 24.7 Å². The second kappa shape index (κ2) is 5.36. The molecule has 1 aliphatic carbocycles. The highest BCUT2D eigenvalue weighted by atomic mass is 32.4. The third-order valence-electron chi connectivity index (χ3n) is 2.18. The quantitative estimate of drug-likeness (QED) is 0.496. The summed E-state index contributed by atoms with van der Waals surface area (Å²) in [5.74, 6) is 0. The van der Waals surface area contributed by atoms with Gasteiger partial charge in [-0.1, -0.05) is 39.4 Å². The molecule has 0 amide bonds. The van der Waals surface area contributed by atoms with Gasteiger partial charge in [-0.15, -0.1) is 0 Å². The Balaban J connectivity index is 2.12. The fraction of sp³-hybridized carbons (Fsp3) is 0.909. The molecule has 14 heavy (non-hydrogen) atoms. The zero-order valence-corrected chi connectivity index (χ0v) is 11.8. The van der Waals surface area contributed by atoms with Crippen molar-refractivity contribution in [2.24, 2.45) is 4.99 Å². The second-order valence-electron chi connectivity index (χ2n) is 5.00. The highest BCUT2D eigenvalue weighted by molar-refractivity contribution is 8.29. The van der Waals surface area contributed by atoms with Crippen LogP contribution in [0, 0.1) is 0 Å². The minimum absolute atomic E-state index is 0.809. The Morgan fingerprint density at radius 3 is 2.64 bits per heavy atom. The summed E-state index contributed by atoms with van der Waals surface area (Å²) in [6.07, 6.45) is 5.20. The van der Waals surface area contributed by atoms with Gasteiger partial charge in [-0.05, 0) is 6.42 Å². The lowest BCUT2D eigenvalue weighted by Gasteiger charge is -2.13. The molecule has 1 rings (SSSR count). The first-order chi connectivity index (χ1) is 6.53. The number of aliphatic imine (C=N–C) groups is 1. The van der Waals surface area contributed by atoms with Crippen LogP contribution in [0.15, 0.2) is 4.99 Å². The van der Waals surface area contributed by atoms with Crippen molar-refractivity contribution in [1.29, 1.82) is 0 Å². The second-order valence-corrected chi connectivity index (χ2v) is 14.4. The number of nitrogens with zero attached hydrogens (tertiary/aromatic N) is 1. The molecule has 1 unspecified atom stereocenters. The van der Waals surface area contributed by atoms with Crippen LogP contribution in [0.2, 0.25) is 19.6 Å². The largest absolute Gasteiger partial charge is 0.293 e. The Hall–Kier alpha value is 0.237. The average molecular weight is 229 g/mol. The molecule has 1 fully saturated rings. The molecule has 0 aromatic carbocycles. The molecular formula is C11H23NSSi. The molecule has 1 aliphatic rings. The van der Waals surface area contributed by atoms with Gasteiger partial charge in [0.25, 0.3) is 0 Å². The fourth-order valence-corrected chi connectivity index (χ4v) is 5.96. The fourth-order valence-electron chi connectivity index (χ4n) is 1.42. The summed E-state index contributed by atoms with van der Waals surface area (Å²) in [7, 11) is -0.918. The molecule has 0 heterocycles. The van der Waals surface area contributed by atoms with Crippen molar-refractivity contribution < 1.29 is 0 Å². The van der Waals surface area contributed by atoms with Gasteiger partial charge in [-0.25, -0.2) is 0 Å². The summed E-state index contributed by atoms with van der Waals surface area (Å²) in [6, 6.07) is 0. The molecule has 1 nitrogen and oxygen atoms in total. The molecule has 0 N–H and O–H groups in total. The van der Waals surface area contributed by atoms with E-state index in [1.165, 1.54) is 31.4 Å². The third kappa shape index (κ3) is 5.20. The van der Waals surface area contributed by atoms with Crippen LogP contribution in [0.5, 0.6) is 0 Å². The van der Waals surface area contributed by atoms with Crippen LogP contribution in [0.4, 0.5) is 0 Å². The third-order valence-corrected chi connectivity index (χ3v) is 6.58. The van der Waals surface area contributed by atoms with E-state index >= 15 is 0 Å². The van der Waals surface area contributed by atoms with Gasteiger partial charge in [-0.2, -0.15) is 11.2 Å². The van der Waals surface area contributed by atoms with Crippen LogP contribution < -0.4 is 0 Å². The van der Waals surface area contributed by atoms with Gasteiger partial charge in [-0.3, -0.25) is 4.99 Å². The molecule has 0 aromatic rings. The Bertz CT molecular complexity index is 208. The maximum atomic E-state index is 4.66. The summed E-state index contributed by atoms with van der Waals surface area (Å²) in [6.45, 7) is 10.6. The minimum atomic E-state index is -0.918. The predicted molar refractivity (Wildman–Crippen MR) is 71.2 cm³/mol. The smallest absolute Gasteiger partial charge is 0.109 e. The standard InChI is InChI=1S/C11H23NSSi/c1-5-6-7-8-12-10-9-11(10)13-14(2,3)4/h11H,5-9H2,1-4H3. The van der Waals surface area contributed by atoms with E-state index in [1.807, 2.05) is 0 Å². The van der Waals surface area contributed by atoms with Crippen molar-refractivity contribution >= 4 is 24.1 Å². The van der Waals surface area contributed by atoms with E-state index < -0.39 is 7.22 Å². The summed E-state index contributed by atoms with van der Waals surface area (Å²) in [5.41, 5.74) is 1.49. The average Bonchev–Trinajstić information content (AvgIpc) is 2.74. The number of rotatable bonds is 6. The molecule has 0 aliphatic heterocycles. The van der Waals surface area contributed by atoms with E-state index in [9.17, 15) is 0 Å². The number of unbranched alkanes of at least 4 members (excludes halogenated alkanes) is 2. The molecule has 0 radical (unpaired) electrons. The van der Waals surface area contributed by atoms with Crippen molar-refractivity contribution in [2.45, 2.75) is 57.5 Å². The first-order valence-electron chi connectivity index (χ1n) is 5.74. The summed E-state index contributed by atoms with van der Waals surface area (Å²) < 4.78 is 0. The van der Waals surface area contributed by atoms with Crippen LogP contribution in [0.3, 0.4) is 0 Å². The van der Waals surface area contributed by atoms with Gasteiger partial charge < -0.3 is 0 Å². The lowest BCUT2D eigenvalue weighted by Crippen LogP contribution is -2.15. The van der Waals surface area contributed by atoms with Crippen LogP contribution in [0.25, 0.3) is 0 Å². The monoisotopic (exact) mass is 229 g/mol. The zero-order chi connectivity index (χ0) is 10.6. The first kappa shape index (κ1) is 12.3. The maximum Gasteiger partial charge on any atom is 0.109 e. The maximum absolute atomic E-state index is 4.66. The Labute approximate surface area is 93.4 Å². The van der Waals surface area contributed by atoms with Crippen LogP contribution in [0.1, 0.15) is 32.6 Å². The predicted octanol–water partition coefficient (Wildman–Crippen LogP) is 3.96. The number of hydrogen-bond acceptors (Lipinski definition) is 2. The van der Waals surface area contributed by atoms with E-state index in [-0.39, 0.29) is 0 Å². The van der Waals surface area contributed by atoms with Crippen LogP contribution >= 0.6 is 11.2 Å². The van der Waals surface area contributed by atoms with Crippen molar-refractivity contribution in [2.75, 3.05) is 6.54 Å². The molecule has 3 heteroatoms. The molecule has 0 bridgehead atoms. The van der Waals surface area contributed by atoms with E-state index in [1.54, 1.807) is 0 Å². The van der Waals surface area contributed by atoms with Crippen molar-refractivity contribution in [3.05, 3.63) is 0 Å². The molecule has 0 aromatic heterocycles. The van der Waals surface area contributed by atoms with Gasteiger partial charge in [0, 0.05) is 23.9 Å². The highest BCUT2D eigenvalue weighted by Gasteiger charge is 2.36. The van der Waals surface area contributed by atoms with Gasteiger partial charge >= 0.3 is 0 Å². The molecule has 82 valence electrons. The Kier molecular flexibility index (Phi) is 4.71. The molecule has 1 saturated carbocycles. The number of hydrogen-bond donors (Lipinski definition) is 0. The summed E-state index contributed by atoms with van der Waals surface area (Å²) >= 11 is 2.20. The van der Waals surface area contributed by atoms with Crippen molar-refractivity contribution in [3.8, 4) is 0 Å². The molecular weight excluding hydrogens is 206 g/mol. The molecule has 0 spiro atoms. The van der Waals surface area contributed by atoms with Gasteiger partial charge in [0.2, 0.25) is 0 Å². The van der Waals surface area contributed by atoms with Crippen molar-refractivity contribution in [3.63, 3.8) is 0 Å². The van der Waals surface area contributed by atoms with E-state index in [2.05, 4.69) is 42.8 Å². The topological polar surface area (TPSA) is 12.4 Å². The van der Waals surface area contributed by atoms with Gasteiger partial charge in [0.05, 0.1) is 0 Å². The van der Waals surface area contributed by atoms with E-state index in [0.717, 1.165) is 11.8 Å². The molecule has 1 atom stereocenters. The van der Waals surface area contributed by atoms with Gasteiger partial charge in [0.1, 0.15) is 7.22 Å². The lowest BCUT2D eigenvalue weighted by molar-refractivity contribution is 0.729. The summed E-state index contributed by atoms with van der Waals surface area (Å²) in [5, 5.41) is 0.809. The zero-order valence-electron chi connectivity index (χ0n) is 9.97. The normalized spacial score (nSPS) is 24.3. The Morgan fingerprint density at radius 2 is 2.07 bits per heavy atom. The molecule has 0 saturated heterocycles. The van der Waals surface area contributed by atoms with Crippen LogP contribution in [-0.2, 0) is 0 Å². The summed E-state index contributed by atoms with van der Waals surface area (Å²) in [4.78, 5) is 4.66. The van der Waals surface area contributed by atoms with Gasteiger partial charge in [0.15, 0.2) is 0 Å². The van der Waals surface area contributed by atoms with Crippen molar-refractivity contribution in [1.82, 2.24) is 0 Å². The van der Waals surface area contributed by atoms with E-state index in [4.69, 9.17) is 0 Å². The van der Waals surface area contributed by atoms with E-state index in [0.29, 0.717) is 0 Å². The SMILES string of the molecule is CCCCCN=C1CC1S[Si](C)(C)C. The highest BCUT2D eigenvalue weighted by Crippen LogP contribution is 2.37. The minimum Gasteiger partial charge on any atom is -0.293 e. The first-order valence-corrected chi connectivity index (χ1v) is 10.8. The lowest BCUT2D eigenvalue weighted by atomic mass is 10.2. The Morgan fingerprint density at radius 1 is 1.36 bits per heavy atom.